The van der Waals surface area contributed by atoms with Crippen LogP contribution in [0.4, 0.5) is 0 Å². The molecule has 8 rings (SSSR count). The van der Waals surface area contributed by atoms with Crippen LogP contribution >= 0.6 is 11.3 Å². The number of carbonyl (C=O) groups is 4. The van der Waals surface area contributed by atoms with Crippen LogP contribution in [0.3, 0.4) is 0 Å². The molecule has 1 saturated heterocycles. The second kappa shape index (κ2) is 16.8. The molecule has 0 bridgehead atoms. The Labute approximate surface area is 357 Å². The summed E-state index contributed by atoms with van der Waals surface area (Å²) in [6, 6.07) is 3.26. The zero-order valence-corrected chi connectivity index (χ0v) is 36.4. The minimum absolute atomic E-state index is 0.0177. The molecule has 4 aliphatic rings. The lowest BCUT2D eigenvalue weighted by atomic mass is 10.0. The Bertz CT molecular complexity index is 2520. The number of hydrogen-bond acceptors (Lipinski definition) is 14. The maximum Gasteiger partial charge on any atom is 0.293 e. The lowest BCUT2D eigenvalue weighted by molar-refractivity contribution is -0.141. The molecule has 324 valence electrons. The Hall–Kier alpha value is -5.43. The number of thiazole rings is 1. The predicted octanol–water partition coefficient (Wildman–Crippen LogP) is 4.64. The summed E-state index contributed by atoms with van der Waals surface area (Å²) < 4.78 is 45.6. The van der Waals surface area contributed by atoms with E-state index in [4.69, 9.17) is 24.0 Å². The molecular formula is C42H50N8O9S2. The monoisotopic (exact) mass is 874 g/mol. The lowest BCUT2D eigenvalue weighted by Gasteiger charge is -2.29. The molecule has 3 aromatic heterocycles. The Balaban J connectivity index is 1.15. The largest absolute Gasteiger partial charge is 0.496 e. The van der Waals surface area contributed by atoms with Crippen LogP contribution in [0.2, 0.25) is 0 Å². The van der Waals surface area contributed by atoms with Gasteiger partial charge in [0.1, 0.15) is 45.9 Å². The van der Waals surface area contributed by atoms with E-state index in [2.05, 4.69) is 39.3 Å². The van der Waals surface area contributed by atoms with Crippen LogP contribution in [-0.4, -0.2) is 99.7 Å². The van der Waals surface area contributed by atoms with Gasteiger partial charge < -0.3 is 29.5 Å². The van der Waals surface area contributed by atoms with Crippen molar-refractivity contribution < 1.29 is 41.6 Å². The molecule has 0 spiro atoms. The van der Waals surface area contributed by atoms with E-state index in [1.807, 2.05) is 42.7 Å². The maximum absolute atomic E-state index is 14.8. The van der Waals surface area contributed by atoms with Crippen molar-refractivity contribution in [3.63, 3.8) is 0 Å². The number of nitrogens with zero attached hydrogens (tertiary/aromatic N) is 5. The first kappa shape index (κ1) is 42.3. The summed E-state index contributed by atoms with van der Waals surface area (Å²) in [4.78, 5) is 72.0. The molecule has 3 fully saturated rings. The first-order valence-corrected chi connectivity index (χ1v) is 23.2. The molecule has 1 aromatic carbocycles. The minimum atomic E-state index is -3.93. The van der Waals surface area contributed by atoms with E-state index < -0.39 is 68.5 Å². The van der Waals surface area contributed by atoms with E-state index in [1.54, 1.807) is 14.0 Å². The molecule has 61 heavy (non-hydrogen) atoms. The van der Waals surface area contributed by atoms with E-state index in [0.29, 0.717) is 58.8 Å². The third-order valence-corrected chi connectivity index (χ3v) is 14.6. The number of benzene rings is 1. The first-order chi connectivity index (χ1) is 29.2. The quantitative estimate of drug-likeness (QED) is 0.185. The van der Waals surface area contributed by atoms with Gasteiger partial charge in [-0.15, -0.1) is 11.3 Å². The van der Waals surface area contributed by atoms with Crippen molar-refractivity contribution in [1.29, 1.82) is 0 Å². The standard InChI is InChI=1S/C42H50N8O9S2/c1-22(2)31-21-60-39(46-31)30-18-34(28-15-16-33(57-5)23(3)35(28)44-30)58-26-17-32-37(51)47-42(41(54)49-61(55,56)27-13-14-27)19-25(42)11-9-7-6-8-10-12-29(40(53)50(32)20-26)45-38(52)36-43-24(4)59-48-36/h9,11,15-16,18,21-22,25-27,29,32H,6-8,10,12-14,17,19-20H2,1-5H3,(H,45,52)(H,47,51)(H,49,54)/b11-9-/t25-,26?,29+,32+,42-/m1/s1. The summed E-state index contributed by atoms with van der Waals surface area (Å²) >= 11 is 1.47. The number of fused-ring (bicyclic) bond motifs is 3. The molecule has 17 nitrogen and oxygen atoms in total. The summed E-state index contributed by atoms with van der Waals surface area (Å²) in [6.07, 6.45) is 7.19. The van der Waals surface area contributed by atoms with Crippen LogP contribution < -0.4 is 24.8 Å². The average Bonchev–Trinajstić information content (AvgIpc) is 4.01. The van der Waals surface area contributed by atoms with Gasteiger partial charge in [-0.2, -0.15) is 4.98 Å². The summed E-state index contributed by atoms with van der Waals surface area (Å²) in [5.41, 5.74) is 1.40. The highest BCUT2D eigenvalue weighted by Crippen LogP contribution is 2.46. The number of aryl methyl sites for hydroxylation is 2. The SMILES string of the molecule is COc1ccc2c(OC3C[C@H]4C(=O)N[C@]5(C(=O)NS(=O)(=O)C6CC6)C[C@H]5/C=C\CCCCC[C@H](NC(=O)c5noc(C)n5)C(=O)N4C3)cc(-c3nc(C(C)C)cs3)nc2c1C. The first-order valence-electron chi connectivity index (χ1n) is 20.7. The number of aromatic nitrogens is 4. The Kier molecular flexibility index (Phi) is 11.6. The zero-order valence-electron chi connectivity index (χ0n) is 34.7. The number of methoxy groups -OCH3 is 1. The summed E-state index contributed by atoms with van der Waals surface area (Å²) in [6.45, 7) is 7.54. The van der Waals surface area contributed by atoms with Gasteiger partial charge >= 0.3 is 0 Å². The second-order valence-corrected chi connectivity index (χ2v) is 19.5. The fraction of sp³-hybridized carbons (Fsp3) is 0.524. The van der Waals surface area contributed by atoms with Crippen LogP contribution in [0.25, 0.3) is 21.6 Å². The third kappa shape index (κ3) is 8.71. The number of hydrogen-bond donors (Lipinski definition) is 3. The van der Waals surface area contributed by atoms with Gasteiger partial charge in [0, 0.05) is 41.7 Å². The van der Waals surface area contributed by atoms with Gasteiger partial charge in [-0.3, -0.25) is 23.9 Å². The number of amides is 4. The highest BCUT2D eigenvalue weighted by molar-refractivity contribution is 7.91. The van der Waals surface area contributed by atoms with Crippen molar-refractivity contribution in [2.24, 2.45) is 5.92 Å². The van der Waals surface area contributed by atoms with Gasteiger partial charge in [-0.1, -0.05) is 44.0 Å². The molecule has 1 unspecified atom stereocenters. The lowest BCUT2D eigenvalue weighted by Crippen LogP contribution is -2.58. The van der Waals surface area contributed by atoms with Crippen LogP contribution in [0.15, 0.2) is 40.3 Å². The fourth-order valence-electron chi connectivity index (χ4n) is 8.12. The smallest absolute Gasteiger partial charge is 0.293 e. The number of pyridine rings is 1. The molecule has 19 heteroatoms. The topological polar surface area (TPSA) is 225 Å². The van der Waals surface area contributed by atoms with Gasteiger partial charge in [0.15, 0.2) is 0 Å². The minimum Gasteiger partial charge on any atom is -0.496 e. The van der Waals surface area contributed by atoms with Crippen LogP contribution in [0.5, 0.6) is 11.5 Å². The van der Waals surface area contributed by atoms with E-state index in [-0.39, 0.29) is 43.4 Å². The molecule has 3 N–H and O–H groups in total. The van der Waals surface area contributed by atoms with Gasteiger partial charge in [0.05, 0.1) is 30.1 Å². The van der Waals surface area contributed by atoms with Crippen molar-refractivity contribution in [3.8, 4) is 22.2 Å². The third-order valence-electron chi connectivity index (χ3n) is 11.9. The van der Waals surface area contributed by atoms with E-state index >= 15 is 0 Å². The Morgan fingerprint density at radius 1 is 1.07 bits per heavy atom. The predicted molar refractivity (Wildman–Crippen MR) is 224 cm³/mol. The summed E-state index contributed by atoms with van der Waals surface area (Å²) in [5, 5.41) is 12.1. The van der Waals surface area contributed by atoms with E-state index in [1.165, 1.54) is 16.2 Å². The number of rotatable bonds is 10. The molecule has 4 amide bonds. The van der Waals surface area contributed by atoms with Crippen molar-refractivity contribution in [1.82, 2.24) is 40.4 Å². The van der Waals surface area contributed by atoms with Crippen LogP contribution in [-0.2, 0) is 24.4 Å². The molecule has 0 radical (unpaired) electrons. The van der Waals surface area contributed by atoms with Crippen molar-refractivity contribution in [3.05, 3.63) is 58.7 Å². The molecule has 2 saturated carbocycles. The van der Waals surface area contributed by atoms with Crippen LogP contribution in [0, 0.1) is 19.8 Å². The highest BCUT2D eigenvalue weighted by atomic mass is 32.2. The molecule has 5 heterocycles. The number of allylic oxidation sites excluding steroid dienone is 1. The second-order valence-electron chi connectivity index (χ2n) is 16.7. The number of carbonyl (C=O) groups excluding carboxylic acids is 4. The highest BCUT2D eigenvalue weighted by Gasteiger charge is 2.62. The number of sulfonamides is 1. The average molecular weight is 875 g/mol. The Morgan fingerprint density at radius 2 is 1.87 bits per heavy atom. The maximum atomic E-state index is 14.8. The van der Waals surface area contributed by atoms with Crippen molar-refractivity contribution in [2.45, 2.75) is 120 Å². The molecule has 2 aliphatic heterocycles. The van der Waals surface area contributed by atoms with E-state index in [9.17, 15) is 27.6 Å². The van der Waals surface area contributed by atoms with Gasteiger partial charge in [-0.25, -0.2) is 18.4 Å². The van der Waals surface area contributed by atoms with Gasteiger partial charge in [0.25, 0.3) is 17.6 Å². The molecule has 5 atom stereocenters. The van der Waals surface area contributed by atoms with Gasteiger partial charge in [0.2, 0.25) is 27.7 Å². The molecule has 2 aliphatic carbocycles. The number of ether oxygens (including phenoxy) is 2. The van der Waals surface area contributed by atoms with Crippen molar-refractivity contribution >= 4 is 55.9 Å². The van der Waals surface area contributed by atoms with Crippen molar-refractivity contribution in [2.75, 3.05) is 13.7 Å². The molecule has 4 aromatic rings. The fourth-order valence-corrected chi connectivity index (χ4v) is 10.4. The molecular weight excluding hydrogens is 825 g/mol. The van der Waals surface area contributed by atoms with Crippen LogP contribution in [0.1, 0.15) is 105 Å². The van der Waals surface area contributed by atoms with Gasteiger partial charge in [-0.05, 0) is 63.5 Å². The summed E-state index contributed by atoms with van der Waals surface area (Å²) in [7, 11) is -2.34. The normalized spacial score (nSPS) is 25.2. The summed E-state index contributed by atoms with van der Waals surface area (Å²) in [5.74, 6) is -1.89. The number of nitrogens with one attached hydrogen (secondary N) is 3. The zero-order chi connectivity index (χ0) is 43.2. The van der Waals surface area contributed by atoms with E-state index in [0.717, 1.165) is 24.1 Å². The Morgan fingerprint density at radius 3 is 2.57 bits per heavy atom.